The van der Waals surface area contributed by atoms with Gasteiger partial charge in [0.2, 0.25) is 5.91 Å². The molecule has 0 aromatic carbocycles. The molecule has 0 spiro atoms. The molecule has 1 saturated carbocycles. The monoisotopic (exact) mass is 281 g/mol. The van der Waals surface area contributed by atoms with Gasteiger partial charge in [-0.25, -0.2) is 4.79 Å². The third kappa shape index (κ3) is 4.30. The predicted octanol–water partition coefficient (Wildman–Crippen LogP) is 0.808. The van der Waals surface area contributed by atoms with Gasteiger partial charge in [0.25, 0.3) is 0 Å². The number of nitrogens with one attached hydrogen (secondary N) is 2. The first kappa shape index (κ1) is 15.0. The Morgan fingerprint density at radius 3 is 2.50 bits per heavy atom. The molecule has 1 aliphatic heterocycles. The van der Waals surface area contributed by atoms with Crippen LogP contribution >= 0.6 is 0 Å². The quantitative estimate of drug-likeness (QED) is 0.747. The van der Waals surface area contributed by atoms with Crippen LogP contribution in [-0.4, -0.2) is 48.3 Å². The van der Waals surface area contributed by atoms with Crippen LogP contribution in [-0.2, 0) is 9.59 Å². The molecule has 3 amide bonds. The lowest BCUT2D eigenvalue weighted by Gasteiger charge is -2.31. The number of carbonyl (C=O) groups excluding carboxylic acids is 3. The Morgan fingerprint density at radius 2 is 1.80 bits per heavy atom. The number of urea groups is 1. The second-order valence-corrected chi connectivity index (χ2v) is 5.67. The fourth-order valence-corrected chi connectivity index (χ4v) is 3.01. The van der Waals surface area contributed by atoms with Crippen LogP contribution < -0.4 is 10.6 Å². The van der Waals surface area contributed by atoms with E-state index < -0.39 is 6.03 Å². The molecular formula is C14H23N3O3. The van der Waals surface area contributed by atoms with Crippen LogP contribution in [0.4, 0.5) is 4.79 Å². The predicted molar refractivity (Wildman–Crippen MR) is 74.2 cm³/mol. The zero-order valence-corrected chi connectivity index (χ0v) is 11.8. The summed E-state index contributed by atoms with van der Waals surface area (Å²) in [5.74, 6) is -0.339. The second-order valence-electron chi connectivity index (χ2n) is 5.67. The molecule has 6 nitrogen and oxygen atoms in total. The fourth-order valence-electron chi connectivity index (χ4n) is 3.01. The van der Waals surface area contributed by atoms with E-state index >= 15 is 0 Å². The first-order valence-corrected chi connectivity index (χ1v) is 7.48. The van der Waals surface area contributed by atoms with Gasteiger partial charge in [-0.1, -0.05) is 19.3 Å². The van der Waals surface area contributed by atoms with Crippen molar-refractivity contribution in [3.8, 4) is 0 Å². The summed E-state index contributed by atoms with van der Waals surface area (Å²) in [6.45, 7) is 0.850. The van der Waals surface area contributed by atoms with Gasteiger partial charge < -0.3 is 10.1 Å². The average molecular weight is 281 g/mol. The van der Waals surface area contributed by atoms with Gasteiger partial charge >= 0.3 is 6.03 Å². The number of aldehydes is 1. The lowest BCUT2D eigenvalue weighted by Crippen LogP contribution is -2.50. The van der Waals surface area contributed by atoms with E-state index in [-0.39, 0.29) is 24.5 Å². The maximum absolute atomic E-state index is 11.8. The SMILES string of the molecule is O=CC1CCCCN1CC(=O)NC(=O)NC1CCCC1. The van der Waals surface area contributed by atoms with Crippen molar-refractivity contribution in [1.82, 2.24) is 15.5 Å². The minimum Gasteiger partial charge on any atom is -0.335 e. The number of carbonyl (C=O) groups is 3. The zero-order valence-electron chi connectivity index (χ0n) is 11.8. The van der Waals surface area contributed by atoms with Crippen LogP contribution in [0.25, 0.3) is 0 Å². The largest absolute Gasteiger partial charge is 0.335 e. The van der Waals surface area contributed by atoms with Crippen molar-refractivity contribution in [3.05, 3.63) is 0 Å². The summed E-state index contributed by atoms with van der Waals surface area (Å²) in [6, 6.07) is -0.408. The maximum Gasteiger partial charge on any atom is 0.321 e. The number of piperidine rings is 1. The summed E-state index contributed by atoms with van der Waals surface area (Å²) in [4.78, 5) is 36.3. The lowest BCUT2D eigenvalue weighted by atomic mass is 10.0. The van der Waals surface area contributed by atoms with E-state index in [4.69, 9.17) is 0 Å². The number of nitrogens with zero attached hydrogens (tertiary/aromatic N) is 1. The van der Waals surface area contributed by atoms with Crippen LogP contribution in [0.3, 0.4) is 0 Å². The number of imide groups is 1. The fraction of sp³-hybridized carbons (Fsp3) is 0.786. The van der Waals surface area contributed by atoms with Crippen LogP contribution in [0.1, 0.15) is 44.9 Å². The highest BCUT2D eigenvalue weighted by Gasteiger charge is 2.24. The van der Waals surface area contributed by atoms with Crippen LogP contribution in [0, 0.1) is 0 Å². The Labute approximate surface area is 119 Å². The van der Waals surface area contributed by atoms with Crippen molar-refractivity contribution in [2.24, 2.45) is 0 Å². The van der Waals surface area contributed by atoms with Crippen molar-refractivity contribution in [3.63, 3.8) is 0 Å². The molecule has 2 rings (SSSR count). The van der Waals surface area contributed by atoms with Gasteiger partial charge in [0.05, 0.1) is 12.6 Å². The molecule has 20 heavy (non-hydrogen) atoms. The molecule has 1 unspecified atom stereocenters. The number of amides is 3. The van der Waals surface area contributed by atoms with Crippen molar-refractivity contribution >= 4 is 18.2 Å². The van der Waals surface area contributed by atoms with Gasteiger partial charge in [-0.15, -0.1) is 0 Å². The lowest BCUT2D eigenvalue weighted by molar-refractivity contribution is -0.123. The molecule has 1 saturated heterocycles. The standard InChI is InChI=1S/C14H23N3O3/c18-10-12-7-3-4-8-17(12)9-13(19)16-14(20)15-11-5-1-2-6-11/h10-12H,1-9H2,(H2,15,16,19,20). The number of hydrogen-bond acceptors (Lipinski definition) is 4. The molecule has 112 valence electrons. The molecule has 0 aromatic heterocycles. The number of hydrogen-bond donors (Lipinski definition) is 2. The topological polar surface area (TPSA) is 78.5 Å². The molecule has 2 N–H and O–H groups in total. The van der Waals surface area contributed by atoms with E-state index in [1.54, 1.807) is 0 Å². The Balaban J connectivity index is 1.73. The van der Waals surface area contributed by atoms with E-state index in [1.807, 2.05) is 4.90 Å². The van der Waals surface area contributed by atoms with Gasteiger partial charge in [-0.2, -0.15) is 0 Å². The second kappa shape index (κ2) is 7.38. The molecular weight excluding hydrogens is 258 g/mol. The summed E-state index contributed by atoms with van der Waals surface area (Å²) in [6.07, 6.45) is 7.94. The van der Waals surface area contributed by atoms with Gasteiger partial charge in [-0.3, -0.25) is 15.0 Å². The molecule has 1 aliphatic carbocycles. The van der Waals surface area contributed by atoms with Gasteiger partial charge in [-0.05, 0) is 32.2 Å². The highest BCUT2D eigenvalue weighted by Crippen LogP contribution is 2.17. The summed E-state index contributed by atoms with van der Waals surface area (Å²) in [7, 11) is 0. The van der Waals surface area contributed by atoms with E-state index in [0.29, 0.717) is 0 Å². The molecule has 0 aromatic rings. The molecule has 0 bridgehead atoms. The van der Waals surface area contributed by atoms with Gasteiger partial charge in [0.15, 0.2) is 0 Å². The summed E-state index contributed by atoms with van der Waals surface area (Å²) in [5.41, 5.74) is 0. The summed E-state index contributed by atoms with van der Waals surface area (Å²) >= 11 is 0. The normalized spacial score (nSPS) is 24.3. The highest BCUT2D eigenvalue weighted by molar-refractivity contribution is 5.95. The number of likely N-dealkylation sites (tertiary alicyclic amines) is 1. The Kier molecular flexibility index (Phi) is 5.52. The first-order valence-electron chi connectivity index (χ1n) is 7.48. The minimum atomic E-state index is -0.415. The molecule has 2 fully saturated rings. The Morgan fingerprint density at radius 1 is 1.10 bits per heavy atom. The zero-order chi connectivity index (χ0) is 14.4. The van der Waals surface area contributed by atoms with E-state index in [0.717, 1.165) is 57.8 Å². The van der Waals surface area contributed by atoms with Crippen molar-refractivity contribution in [2.45, 2.75) is 57.0 Å². The smallest absolute Gasteiger partial charge is 0.321 e. The number of rotatable bonds is 4. The molecule has 0 radical (unpaired) electrons. The minimum absolute atomic E-state index is 0.113. The summed E-state index contributed by atoms with van der Waals surface area (Å²) < 4.78 is 0. The Hall–Kier alpha value is -1.43. The third-order valence-corrected chi connectivity index (χ3v) is 4.11. The molecule has 2 aliphatic rings. The van der Waals surface area contributed by atoms with E-state index in [1.165, 1.54) is 0 Å². The first-order chi connectivity index (χ1) is 9.69. The highest BCUT2D eigenvalue weighted by atomic mass is 16.2. The van der Waals surface area contributed by atoms with Crippen molar-refractivity contribution in [1.29, 1.82) is 0 Å². The van der Waals surface area contributed by atoms with Crippen LogP contribution in [0.2, 0.25) is 0 Å². The van der Waals surface area contributed by atoms with Crippen molar-refractivity contribution < 1.29 is 14.4 Å². The molecule has 1 heterocycles. The van der Waals surface area contributed by atoms with E-state index in [9.17, 15) is 14.4 Å². The van der Waals surface area contributed by atoms with Crippen LogP contribution in [0.15, 0.2) is 0 Å². The van der Waals surface area contributed by atoms with Crippen LogP contribution in [0.5, 0.6) is 0 Å². The summed E-state index contributed by atoms with van der Waals surface area (Å²) in [5, 5.41) is 5.17. The average Bonchev–Trinajstić information content (AvgIpc) is 2.91. The Bertz CT molecular complexity index is 367. The van der Waals surface area contributed by atoms with Gasteiger partial charge in [0, 0.05) is 6.04 Å². The van der Waals surface area contributed by atoms with E-state index in [2.05, 4.69) is 10.6 Å². The maximum atomic E-state index is 11.8. The van der Waals surface area contributed by atoms with Crippen molar-refractivity contribution in [2.75, 3.05) is 13.1 Å². The molecule has 6 heteroatoms. The van der Waals surface area contributed by atoms with Gasteiger partial charge in [0.1, 0.15) is 6.29 Å². The third-order valence-electron chi connectivity index (χ3n) is 4.11. The molecule has 1 atom stereocenters.